The summed E-state index contributed by atoms with van der Waals surface area (Å²) in [5.74, 6) is -0.265. The molecule has 31 heavy (non-hydrogen) atoms. The van der Waals surface area contributed by atoms with Crippen LogP contribution in [-0.4, -0.2) is 26.8 Å². The molecule has 7 heteroatoms. The monoisotopic (exact) mass is 418 g/mol. The van der Waals surface area contributed by atoms with Crippen molar-refractivity contribution in [3.63, 3.8) is 0 Å². The molecule has 1 fully saturated rings. The first-order chi connectivity index (χ1) is 15.0. The lowest BCUT2D eigenvalue weighted by Gasteiger charge is -2.33. The predicted octanol–water partition coefficient (Wildman–Crippen LogP) is 4.76. The molecule has 1 amide bonds. The summed E-state index contributed by atoms with van der Waals surface area (Å²) in [4.78, 5) is 26.9. The Bertz CT molecular complexity index is 1090. The van der Waals surface area contributed by atoms with Gasteiger partial charge in [-0.3, -0.25) is 19.8 Å². The molecule has 1 aliphatic rings. The fraction of sp³-hybridized carbons (Fsp3) is 0.292. The number of nitro groups is 1. The Morgan fingerprint density at radius 2 is 1.94 bits per heavy atom. The van der Waals surface area contributed by atoms with Crippen LogP contribution in [0.4, 0.5) is 11.4 Å². The van der Waals surface area contributed by atoms with Crippen LogP contribution < -0.4 is 5.32 Å². The molecule has 0 saturated carbocycles. The van der Waals surface area contributed by atoms with Gasteiger partial charge >= 0.3 is 0 Å². The van der Waals surface area contributed by atoms with Crippen LogP contribution in [0.25, 0.3) is 0 Å². The highest BCUT2D eigenvalue weighted by molar-refractivity contribution is 5.97. The van der Waals surface area contributed by atoms with Crippen molar-refractivity contribution in [2.24, 2.45) is 7.05 Å². The second-order valence-electron chi connectivity index (χ2n) is 8.02. The van der Waals surface area contributed by atoms with Gasteiger partial charge in [-0.2, -0.15) is 0 Å². The van der Waals surface area contributed by atoms with Crippen LogP contribution in [0.2, 0.25) is 0 Å². The van der Waals surface area contributed by atoms with Crippen molar-refractivity contribution in [2.45, 2.75) is 31.8 Å². The SMILES string of the molecule is Cc1ccc(NC(=O)[C@@H](c2ccccc2)N2CCC[C@@H]2c2cccn2C)c([N+](=O)[O-])c1. The number of benzene rings is 2. The summed E-state index contributed by atoms with van der Waals surface area (Å²) < 4.78 is 2.09. The second kappa shape index (κ2) is 8.73. The van der Waals surface area contributed by atoms with Crippen molar-refractivity contribution in [1.82, 2.24) is 9.47 Å². The number of carbonyl (C=O) groups excluding carboxylic acids is 1. The lowest BCUT2D eigenvalue weighted by molar-refractivity contribution is -0.384. The van der Waals surface area contributed by atoms with Crippen molar-refractivity contribution >= 4 is 17.3 Å². The molecule has 0 spiro atoms. The van der Waals surface area contributed by atoms with Crippen molar-refractivity contribution < 1.29 is 9.72 Å². The number of rotatable bonds is 6. The highest BCUT2D eigenvalue weighted by Gasteiger charge is 2.38. The number of aromatic nitrogens is 1. The fourth-order valence-corrected chi connectivity index (χ4v) is 4.46. The number of carbonyl (C=O) groups is 1. The summed E-state index contributed by atoms with van der Waals surface area (Å²) in [6.45, 7) is 2.57. The zero-order valence-corrected chi connectivity index (χ0v) is 17.7. The molecular weight excluding hydrogens is 392 g/mol. The fourth-order valence-electron chi connectivity index (χ4n) is 4.46. The quantitative estimate of drug-likeness (QED) is 0.462. The minimum atomic E-state index is -0.551. The molecule has 1 aliphatic heterocycles. The van der Waals surface area contributed by atoms with E-state index < -0.39 is 11.0 Å². The van der Waals surface area contributed by atoms with E-state index in [2.05, 4.69) is 20.9 Å². The maximum atomic E-state index is 13.6. The Kier molecular flexibility index (Phi) is 5.86. The summed E-state index contributed by atoms with van der Waals surface area (Å²) in [7, 11) is 2.01. The van der Waals surface area contributed by atoms with E-state index in [9.17, 15) is 14.9 Å². The van der Waals surface area contributed by atoms with Gasteiger partial charge in [-0.15, -0.1) is 0 Å². The average Bonchev–Trinajstić information content (AvgIpc) is 3.39. The molecule has 1 saturated heterocycles. The number of amides is 1. The molecule has 7 nitrogen and oxygen atoms in total. The van der Waals surface area contributed by atoms with Gasteiger partial charge in [0.15, 0.2) is 0 Å². The number of hydrogen-bond acceptors (Lipinski definition) is 4. The molecule has 4 rings (SSSR count). The highest BCUT2D eigenvalue weighted by Crippen LogP contribution is 2.39. The molecule has 2 heterocycles. The van der Waals surface area contributed by atoms with E-state index in [4.69, 9.17) is 0 Å². The summed E-state index contributed by atoms with van der Waals surface area (Å²) in [6, 6.07) is 18.1. The smallest absolute Gasteiger partial charge is 0.293 e. The Morgan fingerprint density at radius 1 is 1.16 bits per heavy atom. The number of aryl methyl sites for hydroxylation is 2. The van der Waals surface area contributed by atoms with Crippen LogP contribution in [0.15, 0.2) is 66.9 Å². The van der Waals surface area contributed by atoms with Crippen molar-refractivity contribution in [2.75, 3.05) is 11.9 Å². The van der Waals surface area contributed by atoms with Gasteiger partial charge in [-0.05, 0) is 55.6 Å². The predicted molar refractivity (Wildman–Crippen MR) is 120 cm³/mol. The van der Waals surface area contributed by atoms with Crippen LogP contribution in [0.3, 0.4) is 0 Å². The van der Waals surface area contributed by atoms with Crippen LogP contribution in [0.5, 0.6) is 0 Å². The number of hydrogen-bond donors (Lipinski definition) is 1. The molecule has 0 radical (unpaired) electrons. The van der Waals surface area contributed by atoms with Gasteiger partial charge in [-0.25, -0.2) is 0 Å². The highest BCUT2D eigenvalue weighted by atomic mass is 16.6. The third-order valence-corrected chi connectivity index (χ3v) is 5.92. The van der Waals surface area contributed by atoms with Crippen molar-refractivity contribution in [3.8, 4) is 0 Å². The molecule has 0 aliphatic carbocycles. The van der Waals surface area contributed by atoms with Gasteiger partial charge in [0, 0.05) is 25.0 Å². The number of nitrogens with zero attached hydrogens (tertiary/aromatic N) is 3. The zero-order valence-electron chi connectivity index (χ0n) is 17.7. The summed E-state index contributed by atoms with van der Waals surface area (Å²) in [6.07, 6.45) is 3.95. The molecule has 1 aromatic heterocycles. The van der Waals surface area contributed by atoms with E-state index in [0.29, 0.717) is 0 Å². The minimum Gasteiger partial charge on any atom is -0.353 e. The normalized spacial score (nSPS) is 17.4. The van der Waals surface area contributed by atoms with Gasteiger partial charge in [0.2, 0.25) is 5.91 Å². The lowest BCUT2D eigenvalue weighted by Crippen LogP contribution is -2.37. The summed E-state index contributed by atoms with van der Waals surface area (Å²) in [5.41, 5.74) is 2.92. The van der Waals surface area contributed by atoms with E-state index in [1.807, 2.05) is 49.6 Å². The van der Waals surface area contributed by atoms with Crippen LogP contribution in [0.1, 0.15) is 41.7 Å². The third-order valence-electron chi connectivity index (χ3n) is 5.92. The molecule has 0 unspecified atom stereocenters. The Balaban J connectivity index is 1.70. The van der Waals surface area contributed by atoms with Crippen molar-refractivity contribution in [3.05, 3.63) is 93.8 Å². The third kappa shape index (κ3) is 4.22. The standard InChI is InChI=1S/C24H26N4O3/c1-17-12-13-19(22(16-17)28(30)31)25-24(29)23(18-8-4-3-5-9-18)27-15-7-11-21(27)20-10-6-14-26(20)2/h3-6,8-10,12-14,16,21,23H,7,11,15H2,1-2H3,(H,25,29)/t21-,23-/m1/s1. The summed E-state index contributed by atoms with van der Waals surface area (Å²) >= 11 is 0. The molecule has 160 valence electrons. The molecule has 0 bridgehead atoms. The van der Waals surface area contributed by atoms with E-state index in [-0.39, 0.29) is 23.3 Å². The van der Waals surface area contributed by atoms with E-state index in [0.717, 1.165) is 36.2 Å². The van der Waals surface area contributed by atoms with Crippen LogP contribution >= 0.6 is 0 Å². The van der Waals surface area contributed by atoms with Crippen LogP contribution in [0, 0.1) is 17.0 Å². The Hall–Kier alpha value is -3.45. The summed E-state index contributed by atoms with van der Waals surface area (Å²) in [5, 5.41) is 14.4. The topological polar surface area (TPSA) is 80.4 Å². The Labute approximate surface area is 181 Å². The first kappa shape index (κ1) is 20.8. The van der Waals surface area contributed by atoms with E-state index in [1.54, 1.807) is 19.1 Å². The Morgan fingerprint density at radius 3 is 2.61 bits per heavy atom. The maximum absolute atomic E-state index is 13.6. The number of anilines is 1. The molecule has 2 aromatic carbocycles. The van der Waals surface area contributed by atoms with E-state index >= 15 is 0 Å². The van der Waals surface area contributed by atoms with Crippen LogP contribution in [-0.2, 0) is 11.8 Å². The maximum Gasteiger partial charge on any atom is 0.293 e. The average molecular weight is 418 g/mol. The number of nitro benzene ring substituents is 1. The van der Waals surface area contributed by atoms with Gasteiger partial charge in [0.05, 0.1) is 11.0 Å². The lowest BCUT2D eigenvalue weighted by atomic mass is 10.0. The molecule has 3 aromatic rings. The second-order valence-corrected chi connectivity index (χ2v) is 8.02. The molecule has 1 N–H and O–H groups in total. The number of likely N-dealkylation sites (tertiary alicyclic amines) is 1. The molecule has 2 atom stereocenters. The minimum absolute atomic E-state index is 0.0967. The first-order valence-electron chi connectivity index (χ1n) is 10.4. The largest absolute Gasteiger partial charge is 0.353 e. The number of nitrogens with one attached hydrogen (secondary N) is 1. The van der Waals surface area contributed by atoms with Gasteiger partial charge in [0.25, 0.3) is 5.69 Å². The van der Waals surface area contributed by atoms with Gasteiger partial charge in [-0.1, -0.05) is 36.4 Å². The zero-order chi connectivity index (χ0) is 22.0. The van der Waals surface area contributed by atoms with E-state index in [1.165, 1.54) is 6.07 Å². The van der Waals surface area contributed by atoms with Crippen molar-refractivity contribution in [1.29, 1.82) is 0 Å². The van der Waals surface area contributed by atoms with Gasteiger partial charge in [0.1, 0.15) is 11.7 Å². The molecular formula is C24H26N4O3. The van der Waals surface area contributed by atoms with Gasteiger partial charge < -0.3 is 9.88 Å². The first-order valence-corrected chi connectivity index (χ1v) is 10.4.